The highest BCUT2D eigenvalue weighted by molar-refractivity contribution is 7.18. The Hall–Kier alpha value is -2.96. The molecule has 2 aromatic carbocycles. The van der Waals surface area contributed by atoms with Gasteiger partial charge in [-0.15, -0.1) is 11.3 Å². The number of nitrogens with zero attached hydrogens (tertiary/aromatic N) is 1. The zero-order valence-electron chi connectivity index (χ0n) is 16.3. The molecule has 1 aromatic heterocycles. The summed E-state index contributed by atoms with van der Waals surface area (Å²) < 4.78 is 0.503. The molecule has 3 aromatic rings. The van der Waals surface area contributed by atoms with E-state index in [9.17, 15) is 14.4 Å². The molecule has 0 aliphatic carbocycles. The number of carbonyl (C=O) groups is 3. The lowest BCUT2D eigenvalue weighted by Crippen LogP contribution is -2.32. The maximum atomic E-state index is 13.0. The number of carbonyl (C=O) groups excluding carboxylic acids is 3. The van der Waals surface area contributed by atoms with Crippen molar-refractivity contribution in [2.45, 2.75) is 19.8 Å². The number of amides is 3. The number of benzene rings is 2. The average Bonchev–Trinajstić information content (AvgIpc) is 3.29. The SMILES string of the molecule is CCc1ccc(CCN2C(=O)c3cccc(NC(=O)c4ccc(Cl)s4)c3C2=O)cc1. The molecular weight excluding hydrogens is 420 g/mol. The average molecular weight is 439 g/mol. The Morgan fingerprint density at radius 1 is 1.00 bits per heavy atom. The summed E-state index contributed by atoms with van der Waals surface area (Å²) in [4.78, 5) is 40.0. The number of halogens is 1. The van der Waals surface area contributed by atoms with Crippen LogP contribution in [0, 0.1) is 0 Å². The molecule has 0 bridgehead atoms. The lowest BCUT2D eigenvalue weighted by Gasteiger charge is -2.14. The van der Waals surface area contributed by atoms with E-state index >= 15 is 0 Å². The Morgan fingerprint density at radius 3 is 2.40 bits per heavy atom. The van der Waals surface area contributed by atoms with Gasteiger partial charge in [0.2, 0.25) is 0 Å². The van der Waals surface area contributed by atoms with Gasteiger partial charge < -0.3 is 5.32 Å². The number of aryl methyl sites for hydroxylation is 1. The summed E-state index contributed by atoms with van der Waals surface area (Å²) in [7, 11) is 0. The number of hydrogen-bond acceptors (Lipinski definition) is 4. The third-order valence-electron chi connectivity index (χ3n) is 5.10. The van der Waals surface area contributed by atoms with Crippen LogP contribution in [0.3, 0.4) is 0 Å². The van der Waals surface area contributed by atoms with E-state index in [4.69, 9.17) is 11.6 Å². The van der Waals surface area contributed by atoms with E-state index in [-0.39, 0.29) is 29.8 Å². The second-order valence-corrected chi connectivity index (χ2v) is 8.68. The van der Waals surface area contributed by atoms with Crippen molar-refractivity contribution < 1.29 is 14.4 Å². The second-order valence-electron chi connectivity index (χ2n) is 6.97. The van der Waals surface area contributed by atoms with Gasteiger partial charge in [-0.3, -0.25) is 19.3 Å². The van der Waals surface area contributed by atoms with Crippen molar-refractivity contribution in [1.29, 1.82) is 0 Å². The van der Waals surface area contributed by atoms with Gasteiger partial charge in [-0.05, 0) is 48.2 Å². The molecule has 1 N–H and O–H groups in total. The summed E-state index contributed by atoms with van der Waals surface area (Å²) in [6.07, 6.45) is 1.54. The van der Waals surface area contributed by atoms with Gasteiger partial charge in [0, 0.05) is 6.54 Å². The molecule has 0 fully saturated rings. The highest BCUT2D eigenvalue weighted by Gasteiger charge is 2.37. The second kappa shape index (κ2) is 8.42. The van der Waals surface area contributed by atoms with Crippen molar-refractivity contribution in [3.63, 3.8) is 0 Å². The van der Waals surface area contributed by atoms with E-state index in [1.165, 1.54) is 10.5 Å². The molecule has 0 atom stereocenters. The molecule has 4 rings (SSSR count). The molecule has 7 heteroatoms. The third-order valence-corrected chi connectivity index (χ3v) is 6.33. The highest BCUT2D eigenvalue weighted by Crippen LogP contribution is 2.30. The van der Waals surface area contributed by atoms with Crippen molar-refractivity contribution >= 4 is 46.3 Å². The van der Waals surface area contributed by atoms with Crippen molar-refractivity contribution in [3.8, 4) is 0 Å². The van der Waals surface area contributed by atoms with Crippen LogP contribution in [-0.2, 0) is 12.8 Å². The first kappa shape index (κ1) is 20.3. The normalized spacial score (nSPS) is 12.9. The minimum atomic E-state index is -0.389. The van der Waals surface area contributed by atoms with Crippen LogP contribution in [0.25, 0.3) is 0 Å². The molecule has 0 saturated carbocycles. The number of imide groups is 1. The molecule has 0 spiro atoms. The summed E-state index contributed by atoms with van der Waals surface area (Å²) in [5.74, 6) is -1.09. The highest BCUT2D eigenvalue weighted by atomic mass is 35.5. The van der Waals surface area contributed by atoms with Gasteiger partial charge >= 0.3 is 0 Å². The van der Waals surface area contributed by atoms with Crippen LogP contribution in [0.15, 0.2) is 54.6 Å². The number of rotatable bonds is 6. The molecule has 0 unspecified atom stereocenters. The standard InChI is InChI=1S/C23H19ClN2O3S/c1-2-14-6-8-15(9-7-14)12-13-26-22(28)16-4-3-5-17(20(16)23(26)29)25-21(27)18-10-11-19(24)30-18/h3-11H,2,12-13H2,1H3,(H,25,27). The Balaban J connectivity index is 1.52. The largest absolute Gasteiger partial charge is 0.321 e. The summed E-state index contributed by atoms with van der Waals surface area (Å²) in [6, 6.07) is 16.3. The minimum Gasteiger partial charge on any atom is -0.321 e. The van der Waals surface area contributed by atoms with Gasteiger partial charge in [0.05, 0.1) is 26.0 Å². The fourth-order valence-electron chi connectivity index (χ4n) is 3.44. The predicted octanol–water partition coefficient (Wildman–Crippen LogP) is 5.05. The van der Waals surface area contributed by atoms with Gasteiger partial charge in [-0.25, -0.2) is 0 Å². The number of thiophene rings is 1. The molecule has 0 radical (unpaired) electrons. The zero-order chi connectivity index (χ0) is 21.3. The van der Waals surface area contributed by atoms with Gasteiger partial charge in [0.15, 0.2) is 0 Å². The molecule has 30 heavy (non-hydrogen) atoms. The van der Waals surface area contributed by atoms with Crippen molar-refractivity contribution in [1.82, 2.24) is 4.90 Å². The number of hydrogen-bond donors (Lipinski definition) is 1. The first-order valence-electron chi connectivity index (χ1n) is 9.61. The number of anilines is 1. The third kappa shape index (κ3) is 3.88. The first-order valence-corrected chi connectivity index (χ1v) is 10.8. The molecule has 5 nitrogen and oxygen atoms in total. The maximum Gasteiger partial charge on any atom is 0.265 e. The molecule has 152 valence electrons. The van der Waals surface area contributed by atoms with E-state index in [2.05, 4.69) is 24.4 Å². The van der Waals surface area contributed by atoms with Crippen LogP contribution in [0.2, 0.25) is 4.34 Å². The summed E-state index contributed by atoms with van der Waals surface area (Å²) in [5.41, 5.74) is 3.18. The lowest BCUT2D eigenvalue weighted by molar-refractivity contribution is 0.0656. The summed E-state index contributed by atoms with van der Waals surface area (Å²) in [5, 5.41) is 2.74. The lowest BCUT2D eigenvalue weighted by atomic mass is 10.1. The van der Waals surface area contributed by atoms with Crippen molar-refractivity contribution in [2.75, 3.05) is 11.9 Å². The quantitative estimate of drug-likeness (QED) is 0.547. The summed E-state index contributed by atoms with van der Waals surface area (Å²) >= 11 is 7.05. The van der Waals surface area contributed by atoms with Crippen LogP contribution in [0.5, 0.6) is 0 Å². The van der Waals surface area contributed by atoms with Crippen LogP contribution in [0.1, 0.15) is 48.4 Å². The molecule has 2 heterocycles. The zero-order valence-corrected chi connectivity index (χ0v) is 17.8. The fraction of sp³-hybridized carbons (Fsp3) is 0.174. The van der Waals surface area contributed by atoms with Crippen molar-refractivity contribution in [2.24, 2.45) is 0 Å². The monoisotopic (exact) mass is 438 g/mol. The molecular formula is C23H19ClN2O3S. The van der Waals surface area contributed by atoms with Crippen LogP contribution in [0.4, 0.5) is 5.69 Å². The molecule has 1 aliphatic rings. The smallest absolute Gasteiger partial charge is 0.265 e. The first-order chi connectivity index (χ1) is 14.5. The van der Waals surface area contributed by atoms with Gasteiger partial charge in [0.25, 0.3) is 17.7 Å². The predicted molar refractivity (Wildman–Crippen MR) is 119 cm³/mol. The number of nitrogens with one attached hydrogen (secondary N) is 1. The maximum absolute atomic E-state index is 13.0. The number of fused-ring (bicyclic) bond motifs is 1. The van der Waals surface area contributed by atoms with Gasteiger partial charge in [-0.2, -0.15) is 0 Å². The van der Waals surface area contributed by atoms with Crippen LogP contribution in [-0.4, -0.2) is 29.2 Å². The van der Waals surface area contributed by atoms with E-state index in [0.29, 0.717) is 26.9 Å². The molecule has 1 aliphatic heterocycles. The Morgan fingerprint density at radius 2 is 1.73 bits per heavy atom. The Labute approximate surface area is 183 Å². The van der Waals surface area contributed by atoms with Crippen LogP contribution >= 0.6 is 22.9 Å². The van der Waals surface area contributed by atoms with Crippen molar-refractivity contribution in [3.05, 3.63) is 86.1 Å². The molecule has 0 saturated heterocycles. The van der Waals surface area contributed by atoms with Gasteiger partial charge in [0.1, 0.15) is 0 Å². The van der Waals surface area contributed by atoms with Crippen LogP contribution < -0.4 is 5.32 Å². The minimum absolute atomic E-state index is 0.236. The van der Waals surface area contributed by atoms with E-state index < -0.39 is 0 Å². The topological polar surface area (TPSA) is 66.5 Å². The van der Waals surface area contributed by atoms with E-state index in [1.807, 2.05) is 12.1 Å². The Bertz CT molecular complexity index is 1140. The fourth-order valence-corrected chi connectivity index (χ4v) is 4.38. The Kier molecular flexibility index (Phi) is 5.70. The van der Waals surface area contributed by atoms with E-state index in [1.54, 1.807) is 30.3 Å². The molecule has 3 amide bonds. The van der Waals surface area contributed by atoms with Gasteiger partial charge in [-0.1, -0.05) is 48.9 Å². The summed E-state index contributed by atoms with van der Waals surface area (Å²) in [6.45, 7) is 2.38. The van der Waals surface area contributed by atoms with E-state index in [0.717, 1.165) is 23.3 Å².